The van der Waals surface area contributed by atoms with Gasteiger partial charge in [-0.15, -0.1) is 0 Å². The van der Waals surface area contributed by atoms with Gasteiger partial charge in [-0.05, 0) is 75.1 Å². The fourth-order valence-corrected chi connectivity index (χ4v) is 4.31. The van der Waals surface area contributed by atoms with E-state index in [-0.39, 0.29) is 17.3 Å². The summed E-state index contributed by atoms with van der Waals surface area (Å²) in [6.45, 7) is 5.29. The molecule has 7 nitrogen and oxygen atoms in total. The van der Waals surface area contributed by atoms with E-state index in [0.717, 1.165) is 22.7 Å². The van der Waals surface area contributed by atoms with E-state index >= 15 is 0 Å². The summed E-state index contributed by atoms with van der Waals surface area (Å²) >= 11 is 3.40. The molecular formula is C24H31BrN2O5S. The van der Waals surface area contributed by atoms with Gasteiger partial charge in [0, 0.05) is 29.9 Å². The van der Waals surface area contributed by atoms with Crippen LogP contribution in [0, 0.1) is 0 Å². The molecule has 0 fully saturated rings. The van der Waals surface area contributed by atoms with Crippen LogP contribution in [0.3, 0.4) is 0 Å². The van der Waals surface area contributed by atoms with Crippen LogP contribution in [-0.2, 0) is 32.3 Å². The Morgan fingerprint density at radius 3 is 2.30 bits per heavy atom. The summed E-state index contributed by atoms with van der Waals surface area (Å²) in [5.41, 5.74) is 1.36. The Hall–Kier alpha value is -2.39. The molecule has 9 heteroatoms. The summed E-state index contributed by atoms with van der Waals surface area (Å²) < 4.78 is 30.8. The van der Waals surface area contributed by atoms with Crippen LogP contribution in [0.5, 0.6) is 0 Å². The molecule has 1 N–H and O–H groups in total. The van der Waals surface area contributed by atoms with Gasteiger partial charge in [-0.3, -0.25) is 4.79 Å². The van der Waals surface area contributed by atoms with Gasteiger partial charge >= 0.3 is 6.09 Å². The summed E-state index contributed by atoms with van der Waals surface area (Å²) in [5.74, 6) is -0.161. The van der Waals surface area contributed by atoms with Gasteiger partial charge in [0.05, 0.1) is 11.4 Å². The third-order valence-electron chi connectivity index (χ3n) is 4.64. The number of ether oxygens (including phenoxy) is 1. The Bertz CT molecular complexity index is 1090. The molecular weight excluding hydrogens is 508 g/mol. The lowest BCUT2D eigenvalue weighted by molar-refractivity contribution is -0.116. The first-order valence-electron chi connectivity index (χ1n) is 10.6. The second-order valence-corrected chi connectivity index (χ2v) is 11.9. The number of anilines is 1. The molecule has 0 saturated heterocycles. The van der Waals surface area contributed by atoms with Crippen molar-refractivity contribution in [2.24, 2.45) is 0 Å². The zero-order valence-electron chi connectivity index (χ0n) is 19.6. The summed E-state index contributed by atoms with van der Waals surface area (Å²) in [6.07, 6.45) is 2.34. The molecule has 0 aromatic heterocycles. The number of nitrogens with zero attached hydrogens (tertiary/aromatic N) is 1. The number of rotatable bonds is 8. The second kappa shape index (κ2) is 11.2. The number of carbonyl (C=O) groups excluding carboxylic acids is 2. The highest BCUT2D eigenvalue weighted by molar-refractivity contribution is 9.10. The van der Waals surface area contributed by atoms with E-state index in [1.807, 2.05) is 24.3 Å². The first-order valence-corrected chi connectivity index (χ1v) is 13.2. The van der Waals surface area contributed by atoms with E-state index in [2.05, 4.69) is 21.2 Å². The number of hydrogen-bond donors (Lipinski definition) is 1. The van der Waals surface area contributed by atoms with E-state index in [1.54, 1.807) is 32.9 Å². The normalized spacial score (nSPS) is 11.7. The molecule has 0 bridgehead atoms. The van der Waals surface area contributed by atoms with E-state index in [1.165, 1.54) is 18.0 Å². The van der Waals surface area contributed by atoms with Gasteiger partial charge in [0.25, 0.3) is 0 Å². The van der Waals surface area contributed by atoms with Crippen LogP contribution in [0.1, 0.15) is 44.7 Å². The van der Waals surface area contributed by atoms with Gasteiger partial charge in [0.1, 0.15) is 5.60 Å². The Kier molecular flexibility index (Phi) is 9.08. The first kappa shape index (κ1) is 26.9. The number of carbonyl (C=O) groups is 2. The standard InChI is InChI=1S/C24H31BrN2O5S/c1-24(2,3)32-23(29)27(4)16-18-15-20(13-14-21(18)33(5,30)31)26-22(28)8-6-7-17-9-11-19(25)12-10-17/h9-15H,6-8,16H2,1-5H3,(H,26,28). The maximum absolute atomic E-state index is 12.4. The highest BCUT2D eigenvalue weighted by Gasteiger charge is 2.22. The molecule has 0 aliphatic carbocycles. The minimum absolute atomic E-state index is 0.0184. The Labute approximate surface area is 204 Å². The summed E-state index contributed by atoms with van der Waals surface area (Å²) in [6, 6.07) is 12.6. The first-order chi connectivity index (χ1) is 15.2. The largest absolute Gasteiger partial charge is 0.444 e. The van der Waals surface area contributed by atoms with Gasteiger partial charge in [-0.1, -0.05) is 28.1 Å². The van der Waals surface area contributed by atoms with Crippen LogP contribution < -0.4 is 5.32 Å². The average Bonchev–Trinajstić information content (AvgIpc) is 2.67. The highest BCUT2D eigenvalue weighted by Crippen LogP contribution is 2.23. The number of hydrogen-bond acceptors (Lipinski definition) is 5. The third-order valence-corrected chi connectivity index (χ3v) is 6.36. The molecule has 33 heavy (non-hydrogen) atoms. The summed E-state index contributed by atoms with van der Waals surface area (Å²) in [5, 5.41) is 2.82. The van der Waals surface area contributed by atoms with Crippen LogP contribution in [0.25, 0.3) is 0 Å². The molecule has 0 aliphatic rings. The minimum Gasteiger partial charge on any atom is -0.444 e. The van der Waals surface area contributed by atoms with Crippen molar-refractivity contribution < 1.29 is 22.7 Å². The maximum Gasteiger partial charge on any atom is 0.410 e. The number of sulfone groups is 1. The molecule has 2 aromatic carbocycles. The van der Waals surface area contributed by atoms with Gasteiger partial charge in [-0.2, -0.15) is 0 Å². The monoisotopic (exact) mass is 538 g/mol. The zero-order valence-corrected chi connectivity index (χ0v) is 22.0. The zero-order chi connectivity index (χ0) is 24.8. The topological polar surface area (TPSA) is 92.8 Å². The molecule has 2 rings (SSSR count). The summed E-state index contributed by atoms with van der Waals surface area (Å²) in [7, 11) is -1.99. The van der Waals surface area contributed by atoms with E-state index in [9.17, 15) is 18.0 Å². The number of aryl methyl sites for hydroxylation is 1. The van der Waals surface area contributed by atoms with Crippen LogP contribution in [0.4, 0.5) is 10.5 Å². The highest BCUT2D eigenvalue weighted by atomic mass is 79.9. The Morgan fingerprint density at radius 2 is 1.73 bits per heavy atom. The fraction of sp³-hybridized carbons (Fsp3) is 0.417. The van der Waals surface area contributed by atoms with Gasteiger partial charge < -0.3 is 15.0 Å². The third kappa shape index (κ3) is 9.17. The maximum atomic E-state index is 12.4. The minimum atomic E-state index is -3.53. The van der Waals surface area contributed by atoms with Gasteiger partial charge in [0.15, 0.2) is 9.84 Å². The van der Waals surface area contributed by atoms with Crippen molar-refractivity contribution in [3.63, 3.8) is 0 Å². The SMILES string of the molecule is CN(Cc1cc(NC(=O)CCCc2ccc(Br)cc2)ccc1S(C)(=O)=O)C(=O)OC(C)(C)C. The molecule has 0 atom stereocenters. The fourth-order valence-electron chi connectivity index (χ4n) is 3.13. The molecule has 0 radical (unpaired) electrons. The second-order valence-electron chi connectivity index (χ2n) is 8.96. The number of nitrogens with one attached hydrogen (secondary N) is 1. The lowest BCUT2D eigenvalue weighted by atomic mass is 10.1. The lowest BCUT2D eigenvalue weighted by Gasteiger charge is -2.25. The molecule has 0 aliphatic heterocycles. The summed E-state index contributed by atoms with van der Waals surface area (Å²) in [4.78, 5) is 26.1. The van der Waals surface area contributed by atoms with Crippen molar-refractivity contribution in [2.75, 3.05) is 18.6 Å². The molecule has 0 unspecified atom stereocenters. The molecule has 2 aromatic rings. The molecule has 2 amide bonds. The van der Waals surface area contributed by atoms with Gasteiger partial charge in [-0.25, -0.2) is 13.2 Å². The Balaban J connectivity index is 2.07. The molecule has 180 valence electrons. The van der Waals surface area contributed by atoms with Crippen LogP contribution in [0.2, 0.25) is 0 Å². The van der Waals surface area contributed by atoms with Crippen molar-refractivity contribution in [1.82, 2.24) is 4.90 Å². The number of halogens is 1. The molecule has 0 heterocycles. The van der Waals surface area contributed by atoms with Crippen molar-refractivity contribution in [3.05, 3.63) is 58.1 Å². The van der Waals surface area contributed by atoms with Crippen LogP contribution in [-0.4, -0.2) is 44.2 Å². The molecule has 0 saturated carbocycles. The van der Waals surface area contributed by atoms with E-state index in [0.29, 0.717) is 24.1 Å². The average molecular weight is 539 g/mol. The number of benzene rings is 2. The predicted octanol–water partition coefficient (Wildman–Crippen LogP) is 5.18. The molecule has 0 spiro atoms. The van der Waals surface area contributed by atoms with Crippen molar-refractivity contribution in [1.29, 1.82) is 0 Å². The smallest absolute Gasteiger partial charge is 0.410 e. The van der Waals surface area contributed by atoms with Gasteiger partial charge in [0.2, 0.25) is 5.91 Å². The quantitative estimate of drug-likeness (QED) is 0.499. The van der Waals surface area contributed by atoms with Crippen molar-refractivity contribution in [3.8, 4) is 0 Å². The number of amides is 2. The van der Waals surface area contributed by atoms with E-state index < -0.39 is 21.5 Å². The predicted molar refractivity (Wildman–Crippen MR) is 133 cm³/mol. The van der Waals surface area contributed by atoms with E-state index in [4.69, 9.17) is 4.74 Å². The van der Waals surface area contributed by atoms with Crippen LogP contribution >= 0.6 is 15.9 Å². The van der Waals surface area contributed by atoms with Crippen molar-refractivity contribution in [2.45, 2.75) is 57.1 Å². The van der Waals surface area contributed by atoms with Crippen molar-refractivity contribution >= 4 is 43.5 Å². The lowest BCUT2D eigenvalue weighted by Crippen LogP contribution is -2.34. The van der Waals surface area contributed by atoms with Crippen LogP contribution in [0.15, 0.2) is 51.8 Å². The Morgan fingerprint density at radius 1 is 1.09 bits per heavy atom.